The van der Waals surface area contributed by atoms with Crippen molar-refractivity contribution >= 4 is 17.0 Å². The number of nitrogens with zero attached hydrogens (tertiary/aromatic N) is 1. The Labute approximate surface area is 101 Å². The monoisotopic (exact) mass is 251 g/mol. The average molecular weight is 251 g/mol. The Kier molecular flexibility index (Phi) is 3.31. The lowest BCUT2D eigenvalue weighted by Gasteiger charge is -2.04. The minimum absolute atomic E-state index is 0.187. The summed E-state index contributed by atoms with van der Waals surface area (Å²) in [6.07, 6.45) is 1.83. The molecule has 0 radical (unpaired) electrons. The van der Waals surface area contributed by atoms with E-state index in [1.165, 1.54) is 0 Å². The summed E-state index contributed by atoms with van der Waals surface area (Å²) in [5, 5.41) is 0.387. The molecule has 0 saturated heterocycles. The van der Waals surface area contributed by atoms with Crippen LogP contribution >= 0.6 is 0 Å². The van der Waals surface area contributed by atoms with Crippen LogP contribution in [0, 0.1) is 0 Å². The number of aryl methyl sites for hydroxylation is 1. The van der Waals surface area contributed by atoms with Gasteiger partial charge in [-0.25, -0.2) is 4.79 Å². The highest BCUT2D eigenvalue weighted by atomic mass is 16.5. The minimum Gasteiger partial charge on any atom is -0.466 e. The largest absolute Gasteiger partial charge is 0.466 e. The summed E-state index contributed by atoms with van der Waals surface area (Å²) in [5.74, 6) is -0.313. The van der Waals surface area contributed by atoms with Gasteiger partial charge in [0.05, 0.1) is 18.4 Å². The average Bonchev–Trinajstić information content (AvgIpc) is 2.70. The Morgan fingerprint density at radius 3 is 2.89 bits per heavy atom. The number of rotatable bonds is 4. The van der Waals surface area contributed by atoms with E-state index in [0.717, 1.165) is 0 Å². The zero-order valence-electron chi connectivity index (χ0n) is 9.86. The summed E-state index contributed by atoms with van der Waals surface area (Å²) in [4.78, 5) is 38.6. The summed E-state index contributed by atoms with van der Waals surface area (Å²) < 4.78 is 6.45. The summed E-state index contributed by atoms with van der Waals surface area (Å²) in [6, 6.07) is 1.59. The molecular weight excluding hydrogens is 238 g/mol. The van der Waals surface area contributed by atoms with Crippen LogP contribution in [0.25, 0.3) is 11.0 Å². The van der Waals surface area contributed by atoms with Gasteiger partial charge in [-0.1, -0.05) is 0 Å². The Hall–Kier alpha value is -2.31. The Morgan fingerprint density at radius 1 is 1.39 bits per heavy atom. The van der Waals surface area contributed by atoms with Gasteiger partial charge in [0.1, 0.15) is 5.65 Å². The molecule has 2 heterocycles. The number of fused-ring (bicyclic) bond motifs is 1. The predicted octanol–water partition coefficient (Wildman–Crippen LogP) is -0.0289. The molecule has 0 aliphatic heterocycles. The fourth-order valence-electron chi connectivity index (χ4n) is 1.74. The second-order valence-corrected chi connectivity index (χ2v) is 3.73. The molecule has 96 valence electrons. The van der Waals surface area contributed by atoms with Crippen molar-refractivity contribution in [2.24, 2.45) is 0 Å². The molecule has 0 amide bonds. The number of esters is 1. The molecule has 2 N–H and O–H groups in total. The molecule has 0 aromatic carbocycles. The SMILES string of the molecule is CCOC(=O)CCn1ccc2c(=O)[nH]c(=O)[nH]c21. The molecule has 7 nitrogen and oxygen atoms in total. The molecule has 0 saturated carbocycles. The van der Waals surface area contributed by atoms with Crippen molar-refractivity contribution in [2.75, 3.05) is 6.61 Å². The number of carbonyl (C=O) groups is 1. The van der Waals surface area contributed by atoms with Crippen molar-refractivity contribution in [2.45, 2.75) is 19.9 Å². The van der Waals surface area contributed by atoms with Crippen molar-refractivity contribution in [3.8, 4) is 0 Å². The first-order chi connectivity index (χ1) is 8.61. The van der Waals surface area contributed by atoms with Crippen molar-refractivity contribution in [1.82, 2.24) is 14.5 Å². The van der Waals surface area contributed by atoms with Crippen LogP contribution in [0.4, 0.5) is 0 Å². The Bertz CT molecular complexity index is 679. The van der Waals surface area contributed by atoms with E-state index in [1.807, 2.05) is 0 Å². The van der Waals surface area contributed by atoms with Gasteiger partial charge in [0.15, 0.2) is 0 Å². The van der Waals surface area contributed by atoms with Gasteiger partial charge in [0, 0.05) is 12.7 Å². The van der Waals surface area contributed by atoms with Gasteiger partial charge in [-0.05, 0) is 13.0 Å². The van der Waals surface area contributed by atoms with Crippen LogP contribution in [0.5, 0.6) is 0 Å². The maximum Gasteiger partial charge on any atom is 0.327 e. The van der Waals surface area contributed by atoms with Crippen LogP contribution in [0.2, 0.25) is 0 Å². The maximum atomic E-state index is 11.5. The summed E-state index contributed by atoms with van der Waals surface area (Å²) in [5.41, 5.74) is -0.597. The van der Waals surface area contributed by atoms with Gasteiger partial charge in [0.25, 0.3) is 5.56 Å². The molecule has 0 unspecified atom stereocenters. The molecule has 7 heteroatoms. The third-order valence-electron chi connectivity index (χ3n) is 2.53. The van der Waals surface area contributed by atoms with Gasteiger partial charge >= 0.3 is 11.7 Å². The van der Waals surface area contributed by atoms with Crippen molar-refractivity contribution in [3.63, 3.8) is 0 Å². The van der Waals surface area contributed by atoms with E-state index < -0.39 is 11.2 Å². The molecular formula is C11H13N3O4. The van der Waals surface area contributed by atoms with Crippen molar-refractivity contribution in [3.05, 3.63) is 33.1 Å². The highest BCUT2D eigenvalue weighted by molar-refractivity contribution is 5.75. The standard InChI is InChI=1S/C11H13N3O4/c1-2-18-8(15)4-6-14-5-3-7-9(14)12-11(17)13-10(7)16/h3,5H,2,4,6H2,1H3,(H2,12,13,16,17). The number of carbonyl (C=O) groups excluding carboxylic acids is 1. The van der Waals surface area contributed by atoms with Gasteiger partial charge < -0.3 is 9.30 Å². The maximum absolute atomic E-state index is 11.5. The fraction of sp³-hybridized carbons (Fsp3) is 0.364. The van der Waals surface area contributed by atoms with Crippen molar-refractivity contribution in [1.29, 1.82) is 0 Å². The van der Waals surface area contributed by atoms with Gasteiger partial charge in [0.2, 0.25) is 0 Å². The quantitative estimate of drug-likeness (QED) is 0.746. The predicted molar refractivity (Wildman–Crippen MR) is 64.4 cm³/mol. The lowest BCUT2D eigenvalue weighted by molar-refractivity contribution is -0.143. The molecule has 0 spiro atoms. The second kappa shape index (κ2) is 4.91. The number of hydrogen-bond donors (Lipinski definition) is 2. The van der Waals surface area contributed by atoms with E-state index in [1.54, 1.807) is 23.8 Å². The molecule has 0 atom stereocenters. The van der Waals surface area contributed by atoms with Crippen LogP contribution in [0.15, 0.2) is 21.9 Å². The summed E-state index contributed by atoms with van der Waals surface area (Å²) >= 11 is 0. The minimum atomic E-state index is -0.566. The highest BCUT2D eigenvalue weighted by Crippen LogP contribution is 2.07. The molecule has 0 fully saturated rings. The van der Waals surface area contributed by atoms with Crippen molar-refractivity contribution < 1.29 is 9.53 Å². The first-order valence-electron chi connectivity index (χ1n) is 5.59. The zero-order chi connectivity index (χ0) is 13.1. The number of ether oxygens (including phenoxy) is 1. The summed E-state index contributed by atoms with van der Waals surface area (Å²) in [6.45, 7) is 2.42. The molecule has 0 aliphatic carbocycles. The number of aromatic amines is 2. The lowest BCUT2D eigenvalue weighted by Crippen LogP contribution is -2.22. The molecule has 2 aromatic rings. The third-order valence-corrected chi connectivity index (χ3v) is 2.53. The second-order valence-electron chi connectivity index (χ2n) is 3.73. The van der Waals surface area contributed by atoms with E-state index in [0.29, 0.717) is 24.2 Å². The zero-order valence-corrected chi connectivity index (χ0v) is 9.86. The van der Waals surface area contributed by atoms with E-state index in [-0.39, 0.29) is 12.4 Å². The Morgan fingerprint density at radius 2 is 2.17 bits per heavy atom. The first kappa shape index (κ1) is 12.2. The van der Waals surface area contributed by atoms with Gasteiger partial charge in [-0.2, -0.15) is 0 Å². The first-order valence-corrected chi connectivity index (χ1v) is 5.59. The number of nitrogens with one attached hydrogen (secondary N) is 2. The lowest BCUT2D eigenvalue weighted by atomic mass is 10.4. The number of H-pyrrole nitrogens is 2. The molecule has 18 heavy (non-hydrogen) atoms. The summed E-state index contributed by atoms with van der Waals surface area (Å²) in [7, 11) is 0. The van der Waals surface area contributed by atoms with Crippen LogP contribution < -0.4 is 11.2 Å². The fourth-order valence-corrected chi connectivity index (χ4v) is 1.74. The van der Waals surface area contributed by atoms with E-state index in [9.17, 15) is 14.4 Å². The highest BCUT2D eigenvalue weighted by Gasteiger charge is 2.08. The number of hydrogen-bond acceptors (Lipinski definition) is 4. The number of aromatic nitrogens is 3. The van der Waals surface area contributed by atoms with E-state index >= 15 is 0 Å². The van der Waals surface area contributed by atoms with Crippen LogP contribution in [0.3, 0.4) is 0 Å². The molecule has 0 aliphatic rings. The van der Waals surface area contributed by atoms with E-state index in [4.69, 9.17) is 4.74 Å². The van der Waals surface area contributed by atoms with Crippen LogP contribution in [-0.4, -0.2) is 27.1 Å². The molecule has 0 bridgehead atoms. The van der Waals surface area contributed by atoms with Crippen LogP contribution in [0.1, 0.15) is 13.3 Å². The van der Waals surface area contributed by atoms with Crippen LogP contribution in [-0.2, 0) is 16.1 Å². The smallest absolute Gasteiger partial charge is 0.327 e. The normalized spacial score (nSPS) is 10.7. The molecule has 2 rings (SSSR count). The molecule has 2 aromatic heterocycles. The Balaban J connectivity index is 2.27. The third kappa shape index (κ3) is 2.34. The van der Waals surface area contributed by atoms with E-state index in [2.05, 4.69) is 9.97 Å². The topological polar surface area (TPSA) is 96.9 Å². The van der Waals surface area contributed by atoms with Gasteiger partial charge in [-0.15, -0.1) is 0 Å². The van der Waals surface area contributed by atoms with Gasteiger partial charge in [-0.3, -0.25) is 19.6 Å².